The van der Waals surface area contributed by atoms with Crippen LogP contribution < -0.4 is 10.4 Å². The number of rotatable bonds is 5. The molecular weight excluding hydrogens is 402 g/mol. The summed E-state index contributed by atoms with van der Waals surface area (Å²) in [5, 5.41) is 8.18. The molecule has 0 unspecified atom stereocenters. The first-order valence-electron chi connectivity index (χ1n) is 9.38. The van der Waals surface area contributed by atoms with Crippen molar-refractivity contribution in [1.82, 2.24) is 24.8 Å². The van der Waals surface area contributed by atoms with Gasteiger partial charge >= 0.3 is 5.69 Å². The second kappa shape index (κ2) is 8.12. The molecule has 2 aromatic heterocycles. The largest absolute Gasteiger partial charge is 0.488 e. The van der Waals surface area contributed by atoms with Gasteiger partial charge in [0.1, 0.15) is 12.4 Å². The van der Waals surface area contributed by atoms with Gasteiger partial charge in [-0.2, -0.15) is 9.36 Å². The standard InChI is InChI=1S/C22H20ClN5O2/c1-14-12-21(15(2)11-16(14)19-8-4-5-10-24-19)30-13-17-18(23)7-6-9-20(17)28-22(29)27(3)25-26-28/h4-12H,13H2,1-3H3. The summed E-state index contributed by atoms with van der Waals surface area (Å²) in [4.78, 5) is 16.7. The third-order valence-corrected chi connectivity index (χ3v) is 5.23. The number of benzene rings is 2. The van der Waals surface area contributed by atoms with Crippen LogP contribution in [0.3, 0.4) is 0 Å². The number of tetrazole rings is 1. The summed E-state index contributed by atoms with van der Waals surface area (Å²) in [5.41, 5.74) is 4.85. The van der Waals surface area contributed by atoms with Crippen molar-refractivity contribution in [1.29, 1.82) is 0 Å². The molecule has 0 amide bonds. The minimum atomic E-state index is -0.356. The highest BCUT2D eigenvalue weighted by Crippen LogP contribution is 2.31. The molecular formula is C22H20ClN5O2. The van der Waals surface area contributed by atoms with Crippen molar-refractivity contribution in [2.24, 2.45) is 7.05 Å². The fourth-order valence-electron chi connectivity index (χ4n) is 3.25. The Morgan fingerprint density at radius 1 is 1.03 bits per heavy atom. The molecule has 0 radical (unpaired) electrons. The Morgan fingerprint density at radius 3 is 2.57 bits per heavy atom. The number of hydrogen-bond acceptors (Lipinski definition) is 5. The van der Waals surface area contributed by atoms with Crippen molar-refractivity contribution in [3.05, 3.63) is 86.9 Å². The van der Waals surface area contributed by atoms with Gasteiger partial charge in [0.15, 0.2) is 0 Å². The molecule has 4 rings (SSSR count). The Kier molecular flexibility index (Phi) is 5.37. The SMILES string of the molecule is Cc1cc(-c2ccccn2)c(C)cc1OCc1c(Cl)cccc1-n1nnn(C)c1=O. The number of hydrogen-bond donors (Lipinski definition) is 0. The molecule has 8 heteroatoms. The molecule has 0 N–H and O–H groups in total. The zero-order valence-electron chi connectivity index (χ0n) is 16.8. The average Bonchev–Trinajstić information content (AvgIpc) is 3.08. The van der Waals surface area contributed by atoms with Crippen LogP contribution in [0.1, 0.15) is 16.7 Å². The first-order valence-corrected chi connectivity index (χ1v) is 9.75. The Hall–Kier alpha value is -3.45. The fraction of sp³-hybridized carbons (Fsp3) is 0.182. The van der Waals surface area contributed by atoms with Crippen molar-refractivity contribution in [3.8, 4) is 22.7 Å². The van der Waals surface area contributed by atoms with Crippen LogP contribution in [-0.4, -0.2) is 24.8 Å². The van der Waals surface area contributed by atoms with Crippen LogP contribution in [0.25, 0.3) is 16.9 Å². The molecule has 0 aliphatic rings. The third-order valence-electron chi connectivity index (χ3n) is 4.88. The number of nitrogens with zero attached hydrogens (tertiary/aromatic N) is 5. The van der Waals surface area contributed by atoms with Gasteiger partial charge in [0.25, 0.3) is 0 Å². The lowest BCUT2D eigenvalue weighted by molar-refractivity contribution is 0.303. The third kappa shape index (κ3) is 3.71. The molecule has 0 atom stereocenters. The number of pyridine rings is 1. The van der Waals surface area contributed by atoms with Crippen molar-refractivity contribution >= 4 is 11.6 Å². The van der Waals surface area contributed by atoms with Crippen molar-refractivity contribution in [2.75, 3.05) is 0 Å². The van der Waals surface area contributed by atoms with Gasteiger partial charge in [0.05, 0.1) is 11.4 Å². The molecule has 0 aliphatic carbocycles. The first kappa shape index (κ1) is 19.8. The highest BCUT2D eigenvalue weighted by molar-refractivity contribution is 6.31. The number of ether oxygens (including phenoxy) is 1. The molecule has 152 valence electrons. The lowest BCUT2D eigenvalue weighted by Gasteiger charge is -2.15. The summed E-state index contributed by atoms with van der Waals surface area (Å²) < 4.78 is 8.49. The Bertz CT molecular complexity index is 1260. The zero-order valence-corrected chi connectivity index (χ0v) is 17.6. The van der Waals surface area contributed by atoms with Gasteiger partial charge in [0.2, 0.25) is 0 Å². The summed E-state index contributed by atoms with van der Waals surface area (Å²) in [6, 6.07) is 15.2. The highest BCUT2D eigenvalue weighted by atomic mass is 35.5. The second-order valence-electron chi connectivity index (χ2n) is 6.97. The van der Waals surface area contributed by atoms with Gasteiger partial charge in [0, 0.05) is 29.4 Å². The summed E-state index contributed by atoms with van der Waals surface area (Å²) in [6.07, 6.45) is 1.78. The number of halogens is 1. The molecule has 0 saturated heterocycles. The summed E-state index contributed by atoms with van der Waals surface area (Å²) >= 11 is 6.42. The summed E-state index contributed by atoms with van der Waals surface area (Å²) in [6.45, 7) is 4.19. The van der Waals surface area contributed by atoms with E-state index in [1.165, 1.54) is 4.68 Å². The maximum absolute atomic E-state index is 12.3. The quantitative estimate of drug-likeness (QED) is 0.489. The highest BCUT2D eigenvalue weighted by Gasteiger charge is 2.15. The maximum Gasteiger partial charge on any atom is 0.368 e. The van der Waals surface area contributed by atoms with Gasteiger partial charge in [-0.1, -0.05) is 23.7 Å². The second-order valence-corrected chi connectivity index (χ2v) is 7.38. The van der Waals surface area contributed by atoms with Crippen LogP contribution in [0.4, 0.5) is 0 Å². The minimum absolute atomic E-state index is 0.182. The molecule has 0 spiro atoms. The fourth-order valence-corrected chi connectivity index (χ4v) is 3.47. The van der Waals surface area contributed by atoms with Gasteiger partial charge in [-0.15, -0.1) is 0 Å². The smallest absolute Gasteiger partial charge is 0.368 e. The lowest BCUT2D eigenvalue weighted by Crippen LogP contribution is -2.23. The molecule has 0 saturated carbocycles. The van der Waals surface area contributed by atoms with E-state index in [1.54, 1.807) is 31.4 Å². The van der Waals surface area contributed by atoms with Crippen molar-refractivity contribution in [3.63, 3.8) is 0 Å². The van der Waals surface area contributed by atoms with Gasteiger partial charge in [-0.05, 0) is 71.8 Å². The molecule has 2 heterocycles. The van der Waals surface area contributed by atoms with Crippen LogP contribution in [0, 0.1) is 13.8 Å². The van der Waals surface area contributed by atoms with E-state index in [1.807, 2.05) is 38.1 Å². The minimum Gasteiger partial charge on any atom is -0.488 e. The topological polar surface area (TPSA) is 74.8 Å². The van der Waals surface area contributed by atoms with E-state index in [4.69, 9.17) is 16.3 Å². The van der Waals surface area contributed by atoms with E-state index in [0.717, 1.165) is 32.8 Å². The predicted octanol–water partition coefficient (Wildman–Crippen LogP) is 3.88. The molecule has 0 fully saturated rings. The first-order chi connectivity index (χ1) is 14.5. The van der Waals surface area contributed by atoms with Crippen LogP contribution in [0.2, 0.25) is 5.02 Å². The monoisotopic (exact) mass is 421 g/mol. The van der Waals surface area contributed by atoms with Crippen LogP contribution >= 0.6 is 11.6 Å². The van der Waals surface area contributed by atoms with E-state index >= 15 is 0 Å². The summed E-state index contributed by atoms with van der Waals surface area (Å²) in [7, 11) is 1.54. The molecule has 7 nitrogen and oxygen atoms in total. The lowest BCUT2D eigenvalue weighted by atomic mass is 10.0. The van der Waals surface area contributed by atoms with Crippen molar-refractivity contribution in [2.45, 2.75) is 20.5 Å². The Labute approximate surface area is 178 Å². The van der Waals surface area contributed by atoms with Gasteiger partial charge < -0.3 is 4.74 Å². The van der Waals surface area contributed by atoms with Gasteiger partial charge in [-0.25, -0.2) is 4.79 Å². The van der Waals surface area contributed by atoms with Crippen LogP contribution in [0.5, 0.6) is 5.75 Å². The molecule has 2 aromatic carbocycles. The molecule has 30 heavy (non-hydrogen) atoms. The maximum atomic E-state index is 12.3. The van der Waals surface area contributed by atoms with Crippen LogP contribution in [0.15, 0.2) is 59.5 Å². The van der Waals surface area contributed by atoms with E-state index in [0.29, 0.717) is 16.3 Å². The summed E-state index contributed by atoms with van der Waals surface area (Å²) in [5.74, 6) is 0.740. The number of aromatic nitrogens is 5. The molecule has 0 aliphatic heterocycles. The number of aryl methyl sites for hydroxylation is 3. The zero-order chi connectivity index (χ0) is 21.3. The average molecular weight is 422 g/mol. The van der Waals surface area contributed by atoms with E-state index in [-0.39, 0.29) is 12.3 Å². The van der Waals surface area contributed by atoms with E-state index in [2.05, 4.69) is 21.5 Å². The predicted molar refractivity (Wildman–Crippen MR) is 115 cm³/mol. The van der Waals surface area contributed by atoms with Crippen molar-refractivity contribution < 1.29 is 4.74 Å². The Morgan fingerprint density at radius 2 is 1.87 bits per heavy atom. The van der Waals surface area contributed by atoms with Gasteiger partial charge in [-0.3, -0.25) is 4.98 Å². The van der Waals surface area contributed by atoms with E-state index < -0.39 is 0 Å². The molecule has 4 aromatic rings. The van der Waals surface area contributed by atoms with E-state index in [9.17, 15) is 4.79 Å². The normalized spacial score (nSPS) is 10.9. The Balaban J connectivity index is 1.66. The molecule has 0 bridgehead atoms. The van der Waals surface area contributed by atoms with Crippen LogP contribution in [-0.2, 0) is 13.7 Å².